The van der Waals surface area contributed by atoms with Crippen LogP contribution in [0.3, 0.4) is 0 Å². The molecule has 1 heterocycles. The zero-order valence-corrected chi connectivity index (χ0v) is 9.44. The molecule has 3 nitrogen and oxygen atoms in total. The van der Waals surface area contributed by atoms with Gasteiger partial charge in [0.05, 0.1) is 0 Å². The number of hydrogen-bond acceptors (Lipinski definition) is 2. The highest BCUT2D eigenvalue weighted by molar-refractivity contribution is 5.94. The van der Waals surface area contributed by atoms with Crippen molar-refractivity contribution in [3.63, 3.8) is 0 Å². The number of ketones is 1. The van der Waals surface area contributed by atoms with Gasteiger partial charge in [-0.2, -0.15) is 0 Å². The van der Waals surface area contributed by atoms with Gasteiger partial charge in [0.2, 0.25) is 5.78 Å². The van der Waals surface area contributed by atoms with Crippen molar-refractivity contribution >= 4 is 5.78 Å². The van der Waals surface area contributed by atoms with Gasteiger partial charge in [-0.25, -0.2) is 4.98 Å². The fraction of sp³-hybridized carbons (Fsp3) is 0.667. The first-order valence-electron chi connectivity index (χ1n) is 5.70. The van der Waals surface area contributed by atoms with Crippen molar-refractivity contribution in [2.24, 2.45) is 18.9 Å². The maximum absolute atomic E-state index is 12.1. The number of carbonyl (C=O) groups is 1. The molecule has 15 heavy (non-hydrogen) atoms. The molecule has 0 radical (unpaired) electrons. The van der Waals surface area contributed by atoms with E-state index in [1.807, 2.05) is 17.8 Å². The summed E-state index contributed by atoms with van der Waals surface area (Å²) >= 11 is 0. The molecule has 1 aliphatic carbocycles. The normalized spacial score (nSPS) is 26.5. The molecule has 0 spiro atoms. The van der Waals surface area contributed by atoms with Crippen LogP contribution < -0.4 is 0 Å². The third-order valence-electron chi connectivity index (χ3n) is 3.35. The molecule has 1 aromatic rings. The summed E-state index contributed by atoms with van der Waals surface area (Å²) in [4.78, 5) is 16.3. The van der Waals surface area contributed by atoms with Gasteiger partial charge in [-0.1, -0.05) is 19.8 Å². The number of rotatable bonds is 2. The Kier molecular flexibility index (Phi) is 2.89. The summed E-state index contributed by atoms with van der Waals surface area (Å²) < 4.78 is 1.82. The predicted molar refractivity (Wildman–Crippen MR) is 58.7 cm³/mol. The van der Waals surface area contributed by atoms with Crippen LogP contribution in [0.25, 0.3) is 0 Å². The molecule has 82 valence electrons. The summed E-state index contributed by atoms with van der Waals surface area (Å²) in [5.41, 5.74) is 0. The number of aromatic nitrogens is 2. The van der Waals surface area contributed by atoms with Crippen molar-refractivity contribution in [1.82, 2.24) is 9.55 Å². The lowest BCUT2D eigenvalue weighted by molar-refractivity contribution is 0.0854. The third kappa shape index (κ3) is 2.11. The van der Waals surface area contributed by atoms with Crippen molar-refractivity contribution in [3.8, 4) is 0 Å². The van der Waals surface area contributed by atoms with Crippen LogP contribution in [0.2, 0.25) is 0 Å². The van der Waals surface area contributed by atoms with Crippen molar-refractivity contribution in [2.75, 3.05) is 0 Å². The number of aryl methyl sites for hydroxylation is 1. The fourth-order valence-corrected chi connectivity index (χ4v) is 2.46. The minimum Gasteiger partial charge on any atom is -0.332 e. The molecule has 1 saturated carbocycles. The van der Waals surface area contributed by atoms with Gasteiger partial charge >= 0.3 is 0 Å². The molecule has 3 heteroatoms. The standard InChI is InChI=1S/C12H18N2O/c1-9-4-3-5-10(8-9)11(15)12-13-6-7-14(12)2/h6-7,9-10H,3-5,8H2,1-2H3. The van der Waals surface area contributed by atoms with E-state index in [1.165, 1.54) is 12.8 Å². The SMILES string of the molecule is CC1CCCC(C(=O)c2nccn2C)C1. The number of imidazole rings is 1. The van der Waals surface area contributed by atoms with E-state index >= 15 is 0 Å². The van der Waals surface area contributed by atoms with Crippen molar-refractivity contribution < 1.29 is 4.79 Å². The molecule has 0 amide bonds. The molecule has 0 aliphatic heterocycles. The van der Waals surface area contributed by atoms with E-state index in [-0.39, 0.29) is 11.7 Å². The summed E-state index contributed by atoms with van der Waals surface area (Å²) in [6, 6.07) is 0. The van der Waals surface area contributed by atoms with Gasteiger partial charge in [0.25, 0.3) is 0 Å². The van der Waals surface area contributed by atoms with Crippen LogP contribution in [0.4, 0.5) is 0 Å². The number of carbonyl (C=O) groups excluding carboxylic acids is 1. The summed E-state index contributed by atoms with van der Waals surface area (Å²) in [6.45, 7) is 2.23. The van der Waals surface area contributed by atoms with Gasteiger partial charge < -0.3 is 4.57 Å². The molecule has 2 unspecified atom stereocenters. The van der Waals surface area contributed by atoms with E-state index in [4.69, 9.17) is 0 Å². The topological polar surface area (TPSA) is 34.9 Å². The van der Waals surface area contributed by atoms with E-state index in [0.717, 1.165) is 12.8 Å². The van der Waals surface area contributed by atoms with Crippen LogP contribution in [0, 0.1) is 11.8 Å². The smallest absolute Gasteiger partial charge is 0.201 e. The number of hydrogen-bond donors (Lipinski definition) is 0. The summed E-state index contributed by atoms with van der Waals surface area (Å²) in [5, 5.41) is 0. The Hall–Kier alpha value is -1.12. The molecule has 2 atom stereocenters. The maximum atomic E-state index is 12.1. The lowest BCUT2D eigenvalue weighted by Gasteiger charge is -2.25. The molecular weight excluding hydrogens is 188 g/mol. The van der Waals surface area contributed by atoms with Crippen LogP contribution in [-0.2, 0) is 7.05 Å². The lowest BCUT2D eigenvalue weighted by Crippen LogP contribution is -2.24. The van der Waals surface area contributed by atoms with Gasteiger partial charge in [0.1, 0.15) is 0 Å². The van der Waals surface area contributed by atoms with Crippen LogP contribution >= 0.6 is 0 Å². The van der Waals surface area contributed by atoms with E-state index < -0.39 is 0 Å². The number of Topliss-reactive ketones (excluding diaryl/α,β-unsaturated/α-hetero) is 1. The van der Waals surface area contributed by atoms with Gasteiger partial charge in [-0.3, -0.25) is 4.79 Å². The highest BCUT2D eigenvalue weighted by Crippen LogP contribution is 2.30. The number of nitrogens with zero attached hydrogens (tertiary/aromatic N) is 2. The fourth-order valence-electron chi connectivity index (χ4n) is 2.46. The molecule has 2 rings (SSSR count). The van der Waals surface area contributed by atoms with Gasteiger partial charge in [0, 0.05) is 25.4 Å². The molecule has 0 saturated heterocycles. The first-order chi connectivity index (χ1) is 7.18. The monoisotopic (exact) mass is 206 g/mol. The first-order valence-corrected chi connectivity index (χ1v) is 5.70. The Balaban J connectivity index is 2.11. The van der Waals surface area contributed by atoms with E-state index in [9.17, 15) is 4.79 Å². The minimum atomic E-state index is 0.204. The first kappa shape index (κ1) is 10.4. The van der Waals surface area contributed by atoms with E-state index in [0.29, 0.717) is 11.7 Å². The van der Waals surface area contributed by atoms with Gasteiger partial charge in [0.15, 0.2) is 5.82 Å². The molecular formula is C12H18N2O. The summed E-state index contributed by atoms with van der Waals surface area (Å²) in [6.07, 6.45) is 8.05. The molecule has 0 N–H and O–H groups in total. The molecule has 1 aromatic heterocycles. The average Bonchev–Trinajstić information content (AvgIpc) is 2.63. The quantitative estimate of drug-likeness (QED) is 0.696. The Bertz CT molecular complexity index is 356. The molecule has 1 aliphatic rings. The highest BCUT2D eigenvalue weighted by Gasteiger charge is 2.27. The Labute approximate surface area is 90.5 Å². The van der Waals surface area contributed by atoms with Crippen LogP contribution in [0.15, 0.2) is 12.4 Å². The predicted octanol–water partition coefficient (Wildman–Crippen LogP) is 2.43. The van der Waals surface area contributed by atoms with Crippen molar-refractivity contribution in [1.29, 1.82) is 0 Å². The average molecular weight is 206 g/mol. The second-order valence-electron chi connectivity index (χ2n) is 4.69. The van der Waals surface area contributed by atoms with Gasteiger partial charge in [-0.05, 0) is 18.8 Å². The van der Waals surface area contributed by atoms with Crippen molar-refractivity contribution in [3.05, 3.63) is 18.2 Å². The van der Waals surface area contributed by atoms with Crippen LogP contribution in [0.5, 0.6) is 0 Å². The van der Waals surface area contributed by atoms with Crippen LogP contribution in [0.1, 0.15) is 43.2 Å². The summed E-state index contributed by atoms with van der Waals surface area (Å²) in [7, 11) is 1.88. The van der Waals surface area contributed by atoms with Crippen LogP contribution in [-0.4, -0.2) is 15.3 Å². The Morgan fingerprint density at radius 3 is 2.93 bits per heavy atom. The minimum absolute atomic E-state index is 0.204. The second kappa shape index (κ2) is 4.17. The van der Waals surface area contributed by atoms with E-state index in [2.05, 4.69) is 11.9 Å². The maximum Gasteiger partial charge on any atom is 0.201 e. The van der Waals surface area contributed by atoms with Gasteiger partial charge in [-0.15, -0.1) is 0 Å². The second-order valence-corrected chi connectivity index (χ2v) is 4.69. The largest absolute Gasteiger partial charge is 0.332 e. The molecule has 0 aromatic carbocycles. The zero-order valence-electron chi connectivity index (χ0n) is 9.44. The van der Waals surface area contributed by atoms with Crippen molar-refractivity contribution in [2.45, 2.75) is 32.6 Å². The Morgan fingerprint density at radius 2 is 2.33 bits per heavy atom. The zero-order chi connectivity index (χ0) is 10.8. The third-order valence-corrected chi connectivity index (χ3v) is 3.35. The summed E-state index contributed by atoms with van der Waals surface area (Å²) in [5.74, 6) is 1.74. The highest BCUT2D eigenvalue weighted by atomic mass is 16.1. The lowest BCUT2D eigenvalue weighted by atomic mass is 9.80. The van der Waals surface area contributed by atoms with E-state index in [1.54, 1.807) is 6.20 Å². The Morgan fingerprint density at radius 1 is 1.53 bits per heavy atom. The molecule has 0 bridgehead atoms. The molecule has 1 fully saturated rings.